The van der Waals surface area contributed by atoms with Crippen molar-refractivity contribution in [1.82, 2.24) is 0 Å². The first kappa shape index (κ1) is 10.3. The Kier molecular flexibility index (Phi) is 8.67. The highest BCUT2D eigenvalue weighted by Gasteiger charge is 1.82. The first-order valence-corrected chi connectivity index (χ1v) is 4.45. The quantitative estimate of drug-likeness (QED) is 0.460. The van der Waals surface area contributed by atoms with Crippen molar-refractivity contribution in [3.05, 3.63) is 24.4 Å². The molecule has 0 aromatic heterocycles. The summed E-state index contributed by atoms with van der Waals surface area (Å²) in [5.74, 6) is 0. The minimum atomic E-state index is 1.18. The van der Waals surface area contributed by atoms with Gasteiger partial charge in [-0.2, -0.15) is 0 Å². The van der Waals surface area contributed by atoms with Gasteiger partial charge in [-0.05, 0) is 25.1 Å². The largest absolute Gasteiger partial charge is 0.405 e. The highest BCUT2D eigenvalue weighted by Crippen LogP contribution is 2.02. The van der Waals surface area contributed by atoms with Crippen LogP contribution in [0.2, 0.25) is 0 Å². The lowest BCUT2D eigenvalue weighted by atomic mass is 10.1. The molecule has 0 amide bonds. The number of unbranched alkanes of at least 4 members (excludes halogenated alkanes) is 4. The number of nitrogens with two attached hydrogens (primary N) is 1. The number of allylic oxidation sites excluding steroid dienone is 3. The van der Waals surface area contributed by atoms with Crippen LogP contribution in [0.1, 0.15) is 39.0 Å². The summed E-state index contributed by atoms with van der Waals surface area (Å²) in [6.45, 7) is 2.23. The van der Waals surface area contributed by atoms with E-state index in [9.17, 15) is 0 Å². The smallest absolute Gasteiger partial charge is 0.00625 e. The first-order chi connectivity index (χ1) is 5.41. The molecule has 0 fully saturated rings. The predicted molar refractivity (Wildman–Crippen MR) is 51.2 cm³/mol. The summed E-state index contributed by atoms with van der Waals surface area (Å²) in [5.41, 5.74) is 5.16. The van der Waals surface area contributed by atoms with Gasteiger partial charge < -0.3 is 5.73 Å². The SMILES string of the molecule is CCCCCCC=CC=CN. The molecule has 0 atom stereocenters. The normalized spacial score (nSPS) is 11.7. The Morgan fingerprint density at radius 1 is 1.09 bits per heavy atom. The molecular weight excluding hydrogens is 134 g/mol. The van der Waals surface area contributed by atoms with Crippen molar-refractivity contribution < 1.29 is 0 Å². The molecule has 11 heavy (non-hydrogen) atoms. The van der Waals surface area contributed by atoms with Gasteiger partial charge in [0, 0.05) is 0 Å². The summed E-state index contributed by atoms with van der Waals surface area (Å²) < 4.78 is 0. The standard InChI is InChI=1S/C10H19N/c1-2-3-4-5-6-7-8-9-10-11/h7-10H,2-6,11H2,1H3. The van der Waals surface area contributed by atoms with E-state index in [-0.39, 0.29) is 0 Å². The van der Waals surface area contributed by atoms with Crippen molar-refractivity contribution in [3.63, 3.8) is 0 Å². The minimum Gasteiger partial charge on any atom is -0.405 e. The molecular formula is C10H19N. The molecule has 0 aliphatic heterocycles. The molecule has 0 unspecified atom stereocenters. The van der Waals surface area contributed by atoms with Crippen LogP contribution in [0.5, 0.6) is 0 Å². The third kappa shape index (κ3) is 9.28. The predicted octanol–water partition coefficient (Wildman–Crippen LogP) is 2.99. The molecule has 0 aromatic rings. The fourth-order valence-corrected chi connectivity index (χ4v) is 0.928. The van der Waals surface area contributed by atoms with Gasteiger partial charge in [0.1, 0.15) is 0 Å². The summed E-state index contributed by atoms with van der Waals surface area (Å²) in [6.07, 6.45) is 14.1. The van der Waals surface area contributed by atoms with E-state index >= 15 is 0 Å². The van der Waals surface area contributed by atoms with E-state index in [0.29, 0.717) is 0 Å². The second-order valence-electron chi connectivity index (χ2n) is 2.66. The third-order valence-corrected chi connectivity index (χ3v) is 1.58. The average molecular weight is 153 g/mol. The van der Waals surface area contributed by atoms with Gasteiger partial charge in [0.2, 0.25) is 0 Å². The molecule has 0 saturated heterocycles. The Labute approximate surface area is 70.0 Å². The van der Waals surface area contributed by atoms with Gasteiger partial charge in [0.15, 0.2) is 0 Å². The Balaban J connectivity index is 3.01. The topological polar surface area (TPSA) is 26.0 Å². The van der Waals surface area contributed by atoms with Crippen LogP contribution in [-0.4, -0.2) is 0 Å². The molecule has 0 bridgehead atoms. The van der Waals surface area contributed by atoms with Crippen LogP contribution >= 0.6 is 0 Å². The molecule has 0 aromatic carbocycles. The number of rotatable bonds is 6. The number of hydrogen-bond donors (Lipinski definition) is 1. The van der Waals surface area contributed by atoms with E-state index in [4.69, 9.17) is 5.73 Å². The lowest BCUT2D eigenvalue weighted by Gasteiger charge is -1.92. The summed E-state index contributed by atoms with van der Waals surface area (Å²) in [5, 5.41) is 0. The van der Waals surface area contributed by atoms with Crippen LogP contribution < -0.4 is 5.73 Å². The van der Waals surface area contributed by atoms with E-state index in [2.05, 4.69) is 13.0 Å². The van der Waals surface area contributed by atoms with E-state index in [1.54, 1.807) is 6.20 Å². The fraction of sp³-hybridized carbons (Fsp3) is 0.600. The zero-order chi connectivity index (χ0) is 8.36. The summed E-state index contributed by atoms with van der Waals surface area (Å²) in [4.78, 5) is 0. The maximum absolute atomic E-state index is 5.16. The molecule has 0 aliphatic rings. The van der Waals surface area contributed by atoms with Crippen LogP contribution in [0.4, 0.5) is 0 Å². The molecule has 0 aliphatic carbocycles. The highest BCUT2D eigenvalue weighted by molar-refractivity contribution is 5.00. The van der Waals surface area contributed by atoms with Gasteiger partial charge in [-0.3, -0.25) is 0 Å². The van der Waals surface area contributed by atoms with Gasteiger partial charge in [-0.1, -0.05) is 38.3 Å². The van der Waals surface area contributed by atoms with Crippen LogP contribution in [-0.2, 0) is 0 Å². The van der Waals surface area contributed by atoms with Crippen molar-refractivity contribution in [2.24, 2.45) is 5.73 Å². The third-order valence-electron chi connectivity index (χ3n) is 1.58. The first-order valence-electron chi connectivity index (χ1n) is 4.45. The summed E-state index contributed by atoms with van der Waals surface area (Å²) >= 11 is 0. The molecule has 1 heteroatoms. The molecule has 0 rings (SSSR count). The molecule has 1 nitrogen and oxygen atoms in total. The maximum atomic E-state index is 5.16. The summed E-state index contributed by atoms with van der Waals surface area (Å²) in [6, 6.07) is 0. The molecule has 2 N–H and O–H groups in total. The Hall–Kier alpha value is -0.720. The summed E-state index contributed by atoms with van der Waals surface area (Å²) in [7, 11) is 0. The number of hydrogen-bond acceptors (Lipinski definition) is 1. The average Bonchev–Trinajstić information content (AvgIpc) is 2.03. The Morgan fingerprint density at radius 2 is 1.91 bits per heavy atom. The van der Waals surface area contributed by atoms with Crippen LogP contribution in [0.25, 0.3) is 0 Å². The van der Waals surface area contributed by atoms with Gasteiger partial charge in [-0.25, -0.2) is 0 Å². The lowest BCUT2D eigenvalue weighted by molar-refractivity contribution is 0.674. The fourth-order valence-electron chi connectivity index (χ4n) is 0.928. The molecule has 0 radical (unpaired) electrons. The molecule has 0 heterocycles. The second kappa shape index (κ2) is 9.28. The zero-order valence-electron chi connectivity index (χ0n) is 7.42. The van der Waals surface area contributed by atoms with Gasteiger partial charge in [-0.15, -0.1) is 0 Å². The van der Waals surface area contributed by atoms with Gasteiger partial charge in [0.05, 0.1) is 0 Å². The van der Waals surface area contributed by atoms with E-state index < -0.39 is 0 Å². The minimum absolute atomic E-state index is 1.18. The molecule has 0 spiro atoms. The van der Waals surface area contributed by atoms with E-state index in [1.807, 2.05) is 12.2 Å². The van der Waals surface area contributed by atoms with Crippen molar-refractivity contribution in [3.8, 4) is 0 Å². The second-order valence-corrected chi connectivity index (χ2v) is 2.66. The Morgan fingerprint density at radius 3 is 2.55 bits per heavy atom. The van der Waals surface area contributed by atoms with Crippen molar-refractivity contribution in [1.29, 1.82) is 0 Å². The van der Waals surface area contributed by atoms with Crippen molar-refractivity contribution in [2.75, 3.05) is 0 Å². The lowest BCUT2D eigenvalue weighted by Crippen LogP contribution is -1.74. The van der Waals surface area contributed by atoms with Gasteiger partial charge >= 0.3 is 0 Å². The van der Waals surface area contributed by atoms with Crippen molar-refractivity contribution >= 4 is 0 Å². The van der Waals surface area contributed by atoms with Crippen molar-refractivity contribution in [2.45, 2.75) is 39.0 Å². The monoisotopic (exact) mass is 153 g/mol. The van der Waals surface area contributed by atoms with E-state index in [1.165, 1.54) is 32.1 Å². The molecule has 64 valence electrons. The maximum Gasteiger partial charge on any atom is -0.00625 e. The van der Waals surface area contributed by atoms with Crippen LogP contribution in [0.15, 0.2) is 24.4 Å². The molecule has 0 saturated carbocycles. The van der Waals surface area contributed by atoms with Crippen LogP contribution in [0, 0.1) is 0 Å². The Bertz CT molecular complexity index is 114. The van der Waals surface area contributed by atoms with Gasteiger partial charge in [0.25, 0.3) is 0 Å². The zero-order valence-corrected chi connectivity index (χ0v) is 7.42. The van der Waals surface area contributed by atoms with Crippen LogP contribution in [0.3, 0.4) is 0 Å². The highest BCUT2D eigenvalue weighted by atomic mass is 14.5. The van der Waals surface area contributed by atoms with E-state index in [0.717, 1.165) is 0 Å².